The molecule has 35 heavy (non-hydrogen) atoms. The standard InChI is InChI=1S/C25H24ClN3O6/c1-25(34-11-12-35-25)16-7-9-19(21(13-16)33-15-32-2)24(31)28-20-6-4-3-5-18(20)23(30)29-22-10-8-17(26)14-27-22/h3-10,13-14H,11-12,15H2,1-2H3,(H,28,31)(H,27,29,30). The first-order chi connectivity index (χ1) is 16.9. The number of nitrogens with one attached hydrogen (secondary N) is 2. The second kappa shape index (κ2) is 10.8. The Bertz CT molecular complexity index is 1210. The van der Waals surface area contributed by atoms with Crippen LogP contribution in [-0.2, 0) is 20.0 Å². The van der Waals surface area contributed by atoms with E-state index >= 15 is 0 Å². The Balaban J connectivity index is 1.57. The first-order valence-corrected chi connectivity index (χ1v) is 11.1. The van der Waals surface area contributed by atoms with Crippen LogP contribution in [0, 0.1) is 0 Å². The molecule has 2 amide bonds. The third-order valence-electron chi connectivity index (χ3n) is 5.31. The highest BCUT2D eigenvalue weighted by molar-refractivity contribution is 6.30. The number of anilines is 2. The second-order valence-corrected chi connectivity index (χ2v) is 8.16. The molecule has 10 heteroatoms. The Morgan fingerprint density at radius 1 is 1.03 bits per heavy atom. The van der Waals surface area contributed by atoms with Gasteiger partial charge < -0.3 is 29.6 Å². The fourth-order valence-corrected chi connectivity index (χ4v) is 3.64. The first kappa shape index (κ1) is 24.6. The largest absolute Gasteiger partial charge is 0.467 e. The molecule has 1 saturated heterocycles. The summed E-state index contributed by atoms with van der Waals surface area (Å²) >= 11 is 5.85. The van der Waals surface area contributed by atoms with E-state index in [0.717, 1.165) is 0 Å². The maximum absolute atomic E-state index is 13.2. The molecule has 2 N–H and O–H groups in total. The van der Waals surface area contributed by atoms with Gasteiger partial charge in [-0.3, -0.25) is 9.59 Å². The number of hydrogen-bond acceptors (Lipinski definition) is 7. The Labute approximate surface area is 207 Å². The molecule has 1 aliphatic rings. The maximum atomic E-state index is 13.2. The van der Waals surface area contributed by atoms with E-state index in [4.69, 9.17) is 30.5 Å². The Morgan fingerprint density at radius 2 is 1.77 bits per heavy atom. The number of nitrogens with zero attached hydrogens (tertiary/aromatic N) is 1. The fraction of sp³-hybridized carbons (Fsp3) is 0.240. The second-order valence-electron chi connectivity index (χ2n) is 7.72. The molecule has 0 atom stereocenters. The number of ether oxygens (including phenoxy) is 4. The van der Waals surface area contributed by atoms with Crippen LogP contribution in [0.5, 0.6) is 5.75 Å². The molecule has 182 valence electrons. The van der Waals surface area contributed by atoms with Crippen LogP contribution in [0.4, 0.5) is 11.5 Å². The van der Waals surface area contributed by atoms with Crippen LogP contribution < -0.4 is 15.4 Å². The molecule has 2 aromatic carbocycles. The van der Waals surface area contributed by atoms with Gasteiger partial charge in [-0.05, 0) is 43.3 Å². The normalized spacial score (nSPS) is 14.4. The number of pyridine rings is 1. The van der Waals surface area contributed by atoms with E-state index in [0.29, 0.717) is 35.3 Å². The fourth-order valence-electron chi connectivity index (χ4n) is 3.53. The quantitative estimate of drug-likeness (QED) is 0.443. The summed E-state index contributed by atoms with van der Waals surface area (Å²) in [6.07, 6.45) is 1.43. The first-order valence-electron chi connectivity index (χ1n) is 10.8. The van der Waals surface area contributed by atoms with Crippen LogP contribution in [0.2, 0.25) is 5.02 Å². The van der Waals surface area contributed by atoms with E-state index in [1.165, 1.54) is 13.3 Å². The highest BCUT2D eigenvalue weighted by Crippen LogP contribution is 2.34. The van der Waals surface area contributed by atoms with Crippen molar-refractivity contribution in [3.05, 3.63) is 82.5 Å². The maximum Gasteiger partial charge on any atom is 0.259 e. The number of methoxy groups -OCH3 is 1. The molecule has 2 heterocycles. The predicted octanol–water partition coefficient (Wildman–Crippen LogP) is 4.44. The van der Waals surface area contributed by atoms with Gasteiger partial charge in [0.05, 0.1) is 35.1 Å². The van der Waals surface area contributed by atoms with Crippen molar-refractivity contribution in [3.63, 3.8) is 0 Å². The summed E-state index contributed by atoms with van der Waals surface area (Å²) in [5, 5.41) is 5.94. The number of halogens is 1. The van der Waals surface area contributed by atoms with Gasteiger partial charge in [0.15, 0.2) is 12.6 Å². The monoisotopic (exact) mass is 497 g/mol. The van der Waals surface area contributed by atoms with Gasteiger partial charge in [-0.15, -0.1) is 0 Å². The van der Waals surface area contributed by atoms with Crippen molar-refractivity contribution in [1.82, 2.24) is 4.98 Å². The number of hydrogen-bond donors (Lipinski definition) is 2. The molecule has 0 bridgehead atoms. The molecule has 9 nitrogen and oxygen atoms in total. The van der Waals surface area contributed by atoms with Gasteiger partial charge in [0.2, 0.25) is 0 Å². The Hall–Kier alpha value is -3.50. The van der Waals surface area contributed by atoms with Gasteiger partial charge in [-0.25, -0.2) is 4.98 Å². The average Bonchev–Trinajstić information content (AvgIpc) is 3.32. The zero-order valence-electron chi connectivity index (χ0n) is 19.2. The molecule has 0 spiro atoms. The SMILES string of the molecule is COCOc1cc(C2(C)OCCO2)ccc1C(=O)Nc1ccccc1C(=O)Nc1ccc(Cl)cn1. The van der Waals surface area contributed by atoms with Gasteiger partial charge in [0.25, 0.3) is 11.8 Å². The molecule has 0 saturated carbocycles. The van der Waals surface area contributed by atoms with Crippen LogP contribution in [0.15, 0.2) is 60.8 Å². The molecular formula is C25H24ClN3O6. The smallest absolute Gasteiger partial charge is 0.259 e. The van der Waals surface area contributed by atoms with Gasteiger partial charge >= 0.3 is 0 Å². The van der Waals surface area contributed by atoms with Crippen molar-refractivity contribution in [3.8, 4) is 5.75 Å². The van der Waals surface area contributed by atoms with Crippen LogP contribution in [0.3, 0.4) is 0 Å². The topological polar surface area (TPSA) is 108 Å². The van der Waals surface area contributed by atoms with Gasteiger partial charge in [-0.1, -0.05) is 29.8 Å². The molecule has 1 fully saturated rings. The predicted molar refractivity (Wildman–Crippen MR) is 130 cm³/mol. The summed E-state index contributed by atoms with van der Waals surface area (Å²) in [5.41, 5.74) is 1.53. The third-order valence-corrected chi connectivity index (χ3v) is 5.53. The zero-order valence-corrected chi connectivity index (χ0v) is 19.9. The summed E-state index contributed by atoms with van der Waals surface area (Å²) in [7, 11) is 1.48. The average molecular weight is 498 g/mol. The van der Waals surface area contributed by atoms with Crippen molar-refractivity contribution in [2.75, 3.05) is 37.8 Å². The van der Waals surface area contributed by atoms with Gasteiger partial charge in [0, 0.05) is 18.9 Å². The number of carbonyl (C=O) groups is 2. The van der Waals surface area contributed by atoms with Crippen molar-refractivity contribution < 1.29 is 28.5 Å². The molecule has 0 aliphatic carbocycles. The summed E-state index contributed by atoms with van der Waals surface area (Å²) < 4.78 is 22.1. The van der Waals surface area contributed by atoms with Crippen LogP contribution >= 0.6 is 11.6 Å². The van der Waals surface area contributed by atoms with Crippen LogP contribution in [0.25, 0.3) is 0 Å². The lowest BCUT2D eigenvalue weighted by atomic mass is 10.0. The number of carbonyl (C=O) groups excluding carboxylic acids is 2. The third kappa shape index (κ3) is 5.77. The van der Waals surface area contributed by atoms with Crippen molar-refractivity contribution in [2.24, 2.45) is 0 Å². The van der Waals surface area contributed by atoms with Crippen LogP contribution in [-0.4, -0.2) is 43.9 Å². The molecule has 4 rings (SSSR count). The summed E-state index contributed by atoms with van der Waals surface area (Å²) in [6, 6.07) is 14.9. The summed E-state index contributed by atoms with van der Waals surface area (Å²) in [4.78, 5) is 30.2. The van der Waals surface area contributed by atoms with Gasteiger partial charge in [-0.2, -0.15) is 0 Å². The molecule has 1 aliphatic heterocycles. The molecule has 0 unspecified atom stereocenters. The lowest BCUT2D eigenvalue weighted by Crippen LogP contribution is -2.23. The van der Waals surface area contributed by atoms with Crippen molar-refractivity contribution in [1.29, 1.82) is 0 Å². The number of aromatic nitrogens is 1. The lowest BCUT2D eigenvalue weighted by molar-refractivity contribution is -0.149. The van der Waals surface area contributed by atoms with E-state index in [1.54, 1.807) is 61.5 Å². The summed E-state index contributed by atoms with van der Waals surface area (Å²) in [6.45, 7) is 2.68. The van der Waals surface area contributed by atoms with Gasteiger partial charge in [0.1, 0.15) is 11.6 Å². The lowest BCUT2D eigenvalue weighted by Gasteiger charge is -2.24. The molecule has 1 aromatic heterocycles. The molecular weight excluding hydrogens is 474 g/mol. The minimum absolute atomic E-state index is 0.0603. The highest BCUT2D eigenvalue weighted by atomic mass is 35.5. The van der Waals surface area contributed by atoms with E-state index in [2.05, 4.69) is 15.6 Å². The molecule has 0 radical (unpaired) electrons. The number of amides is 2. The van der Waals surface area contributed by atoms with E-state index in [-0.39, 0.29) is 23.7 Å². The minimum Gasteiger partial charge on any atom is -0.467 e. The Morgan fingerprint density at radius 3 is 2.49 bits per heavy atom. The summed E-state index contributed by atoms with van der Waals surface area (Å²) in [5.74, 6) is -1.22. The van der Waals surface area contributed by atoms with E-state index < -0.39 is 17.6 Å². The Kier molecular flexibility index (Phi) is 7.62. The number of para-hydroxylation sites is 1. The number of rotatable bonds is 8. The van der Waals surface area contributed by atoms with Crippen LogP contribution in [0.1, 0.15) is 33.2 Å². The zero-order chi connectivity index (χ0) is 24.8. The van der Waals surface area contributed by atoms with E-state index in [9.17, 15) is 9.59 Å². The van der Waals surface area contributed by atoms with E-state index in [1.807, 2.05) is 0 Å². The number of benzene rings is 2. The highest BCUT2D eigenvalue weighted by Gasteiger charge is 2.34. The van der Waals surface area contributed by atoms with Crippen molar-refractivity contribution >= 4 is 34.9 Å². The molecule has 3 aromatic rings. The minimum atomic E-state index is -0.930. The van der Waals surface area contributed by atoms with Crippen molar-refractivity contribution in [2.45, 2.75) is 12.7 Å².